The molecule has 0 saturated carbocycles. The van der Waals surface area contributed by atoms with Crippen molar-refractivity contribution in [3.05, 3.63) is 54.6 Å². The first-order valence-electron chi connectivity index (χ1n) is 6.09. The Labute approximate surface area is 120 Å². The molecule has 0 unspecified atom stereocenters. The van der Waals surface area contributed by atoms with Gasteiger partial charge in [0.05, 0.1) is 5.39 Å². The summed E-state index contributed by atoms with van der Waals surface area (Å²) in [5.41, 5.74) is 0. The molecular formula is C16H14O5. The average molecular weight is 286 g/mol. The first-order chi connectivity index (χ1) is 9.97. The third-order valence-electron chi connectivity index (χ3n) is 2.73. The van der Waals surface area contributed by atoms with Crippen LogP contribution in [0.3, 0.4) is 0 Å². The highest BCUT2D eigenvalue weighted by molar-refractivity contribution is 5.95. The molecule has 5 N–H and O–H groups in total. The van der Waals surface area contributed by atoms with Crippen molar-refractivity contribution in [2.45, 2.75) is 0 Å². The Kier molecular flexibility index (Phi) is 4.04. The standard InChI is InChI=1S/C10H8O4.C6H6O/c11-6-1-5-2-7(12)4-9(14)10(5)8(13)3-6;7-6-4-2-1-3-5-6/h1-4,11-14H;1-5,7H. The molecule has 0 atom stereocenters. The van der Waals surface area contributed by atoms with Crippen LogP contribution in [0, 0.1) is 0 Å². The fourth-order valence-electron chi connectivity index (χ4n) is 1.87. The molecule has 0 spiro atoms. The zero-order valence-corrected chi connectivity index (χ0v) is 10.9. The van der Waals surface area contributed by atoms with E-state index in [9.17, 15) is 10.2 Å². The molecule has 5 heteroatoms. The van der Waals surface area contributed by atoms with Gasteiger partial charge in [-0.05, 0) is 29.7 Å². The van der Waals surface area contributed by atoms with E-state index >= 15 is 0 Å². The summed E-state index contributed by atoms with van der Waals surface area (Å²) in [6.45, 7) is 0. The Morgan fingerprint density at radius 1 is 0.524 bits per heavy atom. The van der Waals surface area contributed by atoms with Gasteiger partial charge in [-0.15, -0.1) is 0 Å². The molecule has 3 aromatic carbocycles. The first kappa shape index (κ1) is 14.3. The van der Waals surface area contributed by atoms with Crippen molar-refractivity contribution in [1.29, 1.82) is 0 Å². The maximum atomic E-state index is 9.42. The van der Waals surface area contributed by atoms with Crippen LogP contribution in [-0.2, 0) is 0 Å². The lowest BCUT2D eigenvalue weighted by Gasteiger charge is -2.05. The number of hydrogen-bond acceptors (Lipinski definition) is 5. The highest BCUT2D eigenvalue weighted by Crippen LogP contribution is 2.38. The van der Waals surface area contributed by atoms with Crippen LogP contribution in [0.4, 0.5) is 0 Å². The lowest BCUT2D eigenvalue weighted by atomic mass is 10.1. The molecule has 0 saturated heterocycles. The Morgan fingerprint density at radius 2 is 1.00 bits per heavy atom. The van der Waals surface area contributed by atoms with Crippen LogP contribution in [0.25, 0.3) is 10.8 Å². The summed E-state index contributed by atoms with van der Waals surface area (Å²) in [6.07, 6.45) is 0. The minimum atomic E-state index is -0.225. The summed E-state index contributed by atoms with van der Waals surface area (Å²) in [4.78, 5) is 0. The van der Waals surface area contributed by atoms with E-state index in [0.717, 1.165) is 12.1 Å². The summed E-state index contributed by atoms with van der Waals surface area (Å²) in [5, 5.41) is 46.4. The number of fused-ring (bicyclic) bond motifs is 1. The number of rotatable bonds is 0. The van der Waals surface area contributed by atoms with Gasteiger partial charge >= 0.3 is 0 Å². The van der Waals surface area contributed by atoms with Gasteiger partial charge in [-0.3, -0.25) is 0 Å². The molecule has 0 amide bonds. The van der Waals surface area contributed by atoms with Crippen LogP contribution >= 0.6 is 0 Å². The smallest absolute Gasteiger partial charge is 0.130 e. The highest BCUT2D eigenvalue weighted by atomic mass is 16.3. The predicted octanol–water partition coefficient (Wildman–Crippen LogP) is 3.05. The lowest BCUT2D eigenvalue weighted by Crippen LogP contribution is -1.76. The highest BCUT2D eigenvalue weighted by Gasteiger charge is 2.08. The number of para-hydroxylation sites is 1. The molecule has 0 bridgehead atoms. The van der Waals surface area contributed by atoms with E-state index in [2.05, 4.69) is 0 Å². The minimum Gasteiger partial charge on any atom is -0.508 e. The lowest BCUT2D eigenvalue weighted by molar-refractivity contribution is 0.443. The van der Waals surface area contributed by atoms with Gasteiger partial charge in [0.25, 0.3) is 0 Å². The molecule has 0 fully saturated rings. The number of phenols is 5. The second kappa shape index (κ2) is 5.92. The van der Waals surface area contributed by atoms with Crippen LogP contribution in [0.1, 0.15) is 0 Å². The first-order valence-corrected chi connectivity index (χ1v) is 6.09. The normalized spacial score (nSPS) is 9.90. The molecule has 108 valence electrons. The van der Waals surface area contributed by atoms with Crippen molar-refractivity contribution in [1.82, 2.24) is 0 Å². The maximum Gasteiger partial charge on any atom is 0.130 e. The van der Waals surface area contributed by atoms with Crippen molar-refractivity contribution in [2.24, 2.45) is 0 Å². The summed E-state index contributed by atoms with van der Waals surface area (Å²) in [7, 11) is 0. The van der Waals surface area contributed by atoms with Crippen molar-refractivity contribution in [3.8, 4) is 28.7 Å². The molecule has 0 aliphatic rings. The third-order valence-corrected chi connectivity index (χ3v) is 2.73. The van der Waals surface area contributed by atoms with E-state index in [1.807, 2.05) is 6.07 Å². The summed E-state index contributed by atoms with van der Waals surface area (Å²) in [6, 6.07) is 13.6. The van der Waals surface area contributed by atoms with Crippen molar-refractivity contribution in [3.63, 3.8) is 0 Å². The second-order valence-electron chi connectivity index (χ2n) is 4.36. The Balaban J connectivity index is 0.000000194. The molecule has 0 aliphatic heterocycles. The molecule has 0 aliphatic carbocycles. The van der Waals surface area contributed by atoms with Gasteiger partial charge in [0.2, 0.25) is 0 Å². The SMILES string of the molecule is Oc1cc(O)c2c(O)cc(O)cc2c1.Oc1ccccc1. The van der Waals surface area contributed by atoms with E-state index in [0.29, 0.717) is 11.1 Å². The van der Waals surface area contributed by atoms with Crippen LogP contribution in [0.5, 0.6) is 28.7 Å². The molecule has 21 heavy (non-hydrogen) atoms. The van der Waals surface area contributed by atoms with Gasteiger partial charge in [-0.25, -0.2) is 0 Å². The number of aromatic hydroxyl groups is 5. The molecule has 0 heterocycles. The van der Waals surface area contributed by atoms with E-state index < -0.39 is 0 Å². The number of phenolic OH excluding ortho intramolecular Hbond substituents is 5. The zero-order valence-electron chi connectivity index (χ0n) is 10.9. The van der Waals surface area contributed by atoms with Gasteiger partial charge in [0, 0.05) is 12.1 Å². The van der Waals surface area contributed by atoms with Crippen molar-refractivity contribution >= 4 is 10.8 Å². The predicted molar refractivity (Wildman–Crippen MR) is 78.7 cm³/mol. The van der Waals surface area contributed by atoms with Gasteiger partial charge in [0.15, 0.2) is 0 Å². The second-order valence-corrected chi connectivity index (χ2v) is 4.36. The van der Waals surface area contributed by atoms with E-state index in [1.165, 1.54) is 12.1 Å². The molecule has 0 aromatic heterocycles. The van der Waals surface area contributed by atoms with E-state index in [4.69, 9.17) is 15.3 Å². The zero-order chi connectivity index (χ0) is 15.4. The quantitative estimate of drug-likeness (QED) is 0.437. The van der Waals surface area contributed by atoms with Gasteiger partial charge in [-0.1, -0.05) is 18.2 Å². The monoisotopic (exact) mass is 286 g/mol. The van der Waals surface area contributed by atoms with Crippen molar-refractivity contribution < 1.29 is 25.5 Å². The molecule has 5 nitrogen and oxygen atoms in total. The maximum absolute atomic E-state index is 9.42. The van der Waals surface area contributed by atoms with Crippen LogP contribution < -0.4 is 0 Å². The van der Waals surface area contributed by atoms with Crippen LogP contribution in [0.15, 0.2) is 54.6 Å². The summed E-state index contributed by atoms with van der Waals surface area (Å²) < 4.78 is 0. The fourth-order valence-corrected chi connectivity index (χ4v) is 1.87. The topological polar surface area (TPSA) is 101 Å². The largest absolute Gasteiger partial charge is 0.508 e. The Morgan fingerprint density at radius 3 is 1.38 bits per heavy atom. The molecule has 0 radical (unpaired) electrons. The molecule has 3 aromatic rings. The molecular weight excluding hydrogens is 272 g/mol. The third kappa shape index (κ3) is 3.48. The summed E-state index contributed by atoms with van der Waals surface area (Å²) >= 11 is 0. The summed E-state index contributed by atoms with van der Waals surface area (Å²) in [5.74, 6) is -0.377. The van der Waals surface area contributed by atoms with Gasteiger partial charge < -0.3 is 25.5 Å². The minimum absolute atomic E-state index is 0.125. The van der Waals surface area contributed by atoms with Gasteiger partial charge in [0.1, 0.15) is 28.7 Å². The van der Waals surface area contributed by atoms with Crippen molar-refractivity contribution in [2.75, 3.05) is 0 Å². The number of hydrogen-bond donors (Lipinski definition) is 5. The van der Waals surface area contributed by atoms with Gasteiger partial charge in [-0.2, -0.15) is 0 Å². The van der Waals surface area contributed by atoms with E-state index in [1.54, 1.807) is 24.3 Å². The molecule has 3 rings (SSSR count). The average Bonchev–Trinajstić information content (AvgIpc) is 2.38. The Hall–Kier alpha value is -3.08. The van der Waals surface area contributed by atoms with Crippen LogP contribution in [-0.4, -0.2) is 25.5 Å². The fraction of sp³-hybridized carbons (Fsp3) is 0. The Bertz CT molecular complexity index is 711. The van der Waals surface area contributed by atoms with E-state index in [-0.39, 0.29) is 28.4 Å². The number of benzene rings is 3. The van der Waals surface area contributed by atoms with Crippen LogP contribution in [0.2, 0.25) is 0 Å².